The van der Waals surface area contributed by atoms with Crippen LogP contribution in [0.2, 0.25) is 0 Å². The zero-order valence-electron chi connectivity index (χ0n) is 14.2. The standard InChI is InChI=1S/C17H23N5O2/c1-17(2,3)24-16(23)19-11-8-9-22(10-11)15-14(18)20-12-6-4-5-7-13(12)21-15/h4-7,11H,8-10H2,1-3H3,(H2,18,20)(H,19,23). The van der Waals surface area contributed by atoms with E-state index in [1.807, 2.05) is 45.0 Å². The third kappa shape index (κ3) is 3.67. The normalized spacial score (nSPS) is 18.0. The molecule has 1 aromatic heterocycles. The molecule has 24 heavy (non-hydrogen) atoms. The second kappa shape index (κ2) is 6.14. The van der Waals surface area contributed by atoms with Crippen molar-refractivity contribution in [2.75, 3.05) is 23.7 Å². The first-order valence-corrected chi connectivity index (χ1v) is 8.08. The molecule has 7 nitrogen and oxygen atoms in total. The van der Waals surface area contributed by atoms with Gasteiger partial charge in [-0.2, -0.15) is 0 Å². The molecule has 0 aliphatic carbocycles. The van der Waals surface area contributed by atoms with Gasteiger partial charge in [0.15, 0.2) is 11.6 Å². The van der Waals surface area contributed by atoms with Crippen LogP contribution >= 0.6 is 0 Å². The summed E-state index contributed by atoms with van der Waals surface area (Å²) in [7, 11) is 0. The van der Waals surface area contributed by atoms with Gasteiger partial charge in [0.1, 0.15) is 5.60 Å². The number of nitrogens with zero attached hydrogens (tertiary/aromatic N) is 3. The Morgan fingerprint density at radius 2 is 1.96 bits per heavy atom. The second-order valence-electron chi connectivity index (χ2n) is 7.00. The van der Waals surface area contributed by atoms with Crippen LogP contribution in [0, 0.1) is 0 Å². The van der Waals surface area contributed by atoms with E-state index in [9.17, 15) is 4.79 Å². The van der Waals surface area contributed by atoms with Crippen LogP contribution in [0.25, 0.3) is 11.0 Å². The molecule has 1 amide bonds. The maximum absolute atomic E-state index is 11.9. The van der Waals surface area contributed by atoms with E-state index in [4.69, 9.17) is 10.5 Å². The third-order valence-electron chi connectivity index (χ3n) is 3.79. The van der Waals surface area contributed by atoms with Crippen molar-refractivity contribution in [1.82, 2.24) is 15.3 Å². The number of para-hydroxylation sites is 2. The van der Waals surface area contributed by atoms with Crippen LogP contribution in [0.4, 0.5) is 16.4 Å². The fourth-order valence-electron chi connectivity index (χ4n) is 2.78. The monoisotopic (exact) mass is 329 g/mol. The SMILES string of the molecule is CC(C)(C)OC(=O)NC1CCN(c2nc3ccccc3nc2N)C1. The van der Waals surface area contributed by atoms with E-state index in [0.717, 1.165) is 24.0 Å². The average molecular weight is 329 g/mol. The van der Waals surface area contributed by atoms with Crippen molar-refractivity contribution >= 4 is 28.8 Å². The van der Waals surface area contributed by atoms with Gasteiger partial charge in [-0.3, -0.25) is 0 Å². The molecule has 1 aromatic carbocycles. The lowest BCUT2D eigenvalue weighted by Gasteiger charge is -2.22. The van der Waals surface area contributed by atoms with Crippen molar-refractivity contribution in [2.24, 2.45) is 0 Å². The minimum absolute atomic E-state index is 0.00696. The Bertz CT molecular complexity index is 756. The Morgan fingerprint density at radius 1 is 1.29 bits per heavy atom. The molecule has 1 unspecified atom stereocenters. The fraction of sp³-hybridized carbons (Fsp3) is 0.471. The highest BCUT2D eigenvalue weighted by molar-refractivity contribution is 5.80. The predicted molar refractivity (Wildman–Crippen MR) is 93.9 cm³/mol. The molecule has 128 valence electrons. The number of hydrogen-bond donors (Lipinski definition) is 2. The van der Waals surface area contributed by atoms with Gasteiger partial charge < -0.3 is 20.7 Å². The molecular formula is C17H23N5O2. The van der Waals surface area contributed by atoms with Gasteiger partial charge in [0.05, 0.1) is 17.1 Å². The van der Waals surface area contributed by atoms with E-state index < -0.39 is 11.7 Å². The molecule has 3 N–H and O–H groups in total. The third-order valence-corrected chi connectivity index (χ3v) is 3.79. The average Bonchev–Trinajstić information content (AvgIpc) is 2.92. The Hall–Kier alpha value is -2.57. The highest BCUT2D eigenvalue weighted by atomic mass is 16.6. The number of nitrogens with two attached hydrogens (primary N) is 1. The quantitative estimate of drug-likeness (QED) is 0.878. The Morgan fingerprint density at radius 3 is 2.62 bits per heavy atom. The zero-order chi connectivity index (χ0) is 17.3. The number of alkyl carbamates (subject to hydrolysis) is 1. The molecule has 1 aliphatic heterocycles. The summed E-state index contributed by atoms with van der Waals surface area (Å²) < 4.78 is 5.30. The van der Waals surface area contributed by atoms with Crippen molar-refractivity contribution in [2.45, 2.75) is 38.8 Å². The van der Waals surface area contributed by atoms with E-state index in [0.29, 0.717) is 18.2 Å². The van der Waals surface area contributed by atoms with Gasteiger partial charge in [0.2, 0.25) is 0 Å². The van der Waals surface area contributed by atoms with E-state index >= 15 is 0 Å². The number of nitrogens with one attached hydrogen (secondary N) is 1. The first-order chi connectivity index (χ1) is 11.3. The van der Waals surface area contributed by atoms with Gasteiger partial charge in [-0.15, -0.1) is 0 Å². The highest BCUT2D eigenvalue weighted by Crippen LogP contribution is 2.25. The van der Waals surface area contributed by atoms with E-state index in [1.165, 1.54) is 0 Å². The summed E-state index contributed by atoms with van der Waals surface area (Å²) in [5.74, 6) is 1.08. The van der Waals surface area contributed by atoms with E-state index in [-0.39, 0.29) is 6.04 Å². The minimum Gasteiger partial charge on any atom is -0.444 e. The lowest BCUT2D eigenvalue weighted by molar-refractivity contribution is 0.0509. The summed E-state index contributed by atoms with van der Waals surface area (Å²) in [6.45, 7) is 6.94. The summed E-state index contributed by atoms with van der Waals surface area (Å²) in [6, 6.07) is 7.64. The number of hydrogen-bond acceptors (Lipinski definition) is 6. The molecule has 1 fully saturated rings. The molecule has 2 aromatic rings. The van der Waals surface area contributed by atoms with Crippen LogP contribution in [-0.4, -0.2) is 40.8 Å². The second-order valence-corrected chi connectivity index (χ2v) is 7.00. The number of anilines is 2. The molecule has 1 atom stereocenters. The Kier molecular flexibility index (Phi) is 4.17. The minimum atomic E-state index is -0.503. The fourth-order valence-corrected chi connectivity index (χ4v) is 2.78. The number of ether oxygens (including phenoxy) is 1. The number of aromatic nitrogens is 2. The van der Waals surface area contributed by atoms with Crippen LogP contribution in [0.3, 0.4) is 0 Å². The van der Waals surface area contributed by atoms with Crippen molar-refractivity contribution < 1.29 is 9.53 Å². The maximum Gasteiger partial charge on any atom is 0.407 e. The maximum atomic E-state index is 11.9. The van der Waals surface area contributed by atoms with Crippen LogP contribution in [0.1, 0.15) is 27.2 Å². The lowest BCUT2D eigenvalue weighted by atomic mass is 10.2. The number of nitrogen functional groups attached to an aromatic ring is 1. The van der Waals surface area contributed by atoms with Gasteiger partial charge in [-0.1, -0.05) is 12.1 Å². The topological polar surface area (TPSA) is 93.4 Å². The predicted octanol–water partition coefficient (Wildman–Crippen LogP) is 2.32. The van der Waals surface area contributed by atoms with Crippen molar-refractivity contribution in [3.8, 4) is 0 Å². The van der Waals surface area contributed by atoms with E-state index in [1.54, 1.807) is 0 Å². The largest absolute Gasteiger partial charge is 0.444 e. The van der Waals surface area contributed by atoms with Crippen LogP contribution < -0.4 is 16.0 Å². The number of carbonyl (C=O) groups is 1. The summed E-state index contributed by atoms with van der Waals surface area (Å²) in [5.41, 5.74) is 7.16. The highest BCUT2D eigenvalue weighted by Gasteiger charge is 2.28. The molecule has 0 saturated carbocycles. The summed E-state index contributed by atoms with van der Waals surface area (Å²) in [6.07, 6.45) is 0.416. The van der Waals surface area contributed by atoms with Gasteiger partial charge >= 0.3 is 6.09 Å². The summed E-state index contributed by atoms with van der Waals surface area (Å²) in [5, 5.41) is 2.90. The van der Waals surface area contributed by atoms with Gasteiger partial charge in [-0.05, 0) is 39.3 Å². The smallest absolute Gasteiger partial charge is 0.407 e. The van der Waals surface area contributed by atoms with E-state index in [2.05, 4.69) is 20.2 Å². The molecule has 0 spiro atoms. The first kappa shape index (κ1) is 16.3. The van der Waals surface area contributed by atoms with Gasteiger partial charge in [0, 0.05) is 13.1 Å². The van der Waals surface area contributed by atoms with Crippen molar-refractivity contribution in [3.05, 3.63) is 24.3 Å². The zero-order valence-corrected chi connectivity index (χ0v) is 14.2. The molecule has 2 heterocycles. The lowest BCUT2D eigenvalue weighted by Crippen LogP contribution is -2.40. The van der Waals surface area contributed by atoms with Crippen molar-refractivity contribution in [1.29, 1.82) is 0 Å². The summed E-state index contributed by atoms with van der Waals surface area (Å²) in [4.78, 5) is 23.0. The molecular weight excluding hydrogens is 306 g/mol. The molecule has 1 saturated heterocycles. The van der Waals surface area contributed by atoms with Crippen LogP contribution in [-0.2, 0) is 4.74 Å². The molecule has 7 heteroatoms. The molecule has 1 aliphatic rings. The Labute approximate surface area is 141 Å². The van der Waals surface area contributed by atoms with Gasteiger partial charge in [0.25, 0.3) is 0 Å². The number of fused-ring (bicyclic) bond motifs is 1. The first-order valence-electron chi connectivity index (χ1n) is 8.08. The molecule has 0 radical (unpaired) electrons. The number of carbonyl (C=O) groups excluding carboxylic acids is 1. The summed E-state index contributed by atoms with van der Waals surface area (Å²) >= 11 is 0. The number of amides is 1. The van der Waals surface area contributed by atoms with Crippen LogP contribution in [0.5, 0.6) is 0 Å². The number of benzene rings is 1. The van der Waals surface area contributed by atoms with Gasteiger partial charge in [-0.25, -0.2) is 14.8 Å². The van der Waals surface area contributed by atoms with Crippen molar-refractivity contribution in [3.63, 3.8) is 0 Å². The molecule has 3 rings (SSSR count). The molecule has 0 bridgehead atoms. The van der Waals surface area contributed by atoms with Crippen LogP contribution in [0.15, 0.2) is 24.3 Å². The number of rotatable bonds is 2. The Balaban J connectivity index is 1.69.